The molecule has 0 saturated carbocycles. The molecule has 0 unspecified atom stereocenters. The summed E-state index contributed by atoms with van der Waals surface area (Å²) in [5.41, 5.74) is 4.48. The number of thiophene rings is 1. The van der Waals surface area contributed by atoms with E-state index in [4.69, 9.17) is 11.5 Å². The van der Waals surface area contributed by atoms with Gasteiger partial charge in [0.1, 0.15) is 6.11 Å². The van der Waals surface area contributed by atoms with Crippen LogP contribution in [0.3, 0.4) is 0 Å². The van der Waals surface area contributed by atoms with Crippen LogP contribution in [0.1, 0.15) is 11.1 Å². The fourth-order valence-electron chi connectivity index (χ4n) is 1.63. The molecule has 0 bridgehead atoms. The maximum absolute atomic E-state index is 7.00. The Morgan fingerprint density at radius 2 is 2.16 bits per heavy atom. The van der Waals surface area contributed by atoms with Gasteiger partial charge in [0, 0.05) is 12.7 Å². The zero-order chi connectivity index (χ0) is 14.1. The molecule has 0 aliphatic rings. The third-order valence-electron chi connectivity index (χ3n) is 2.44. The van der Waals surface area contributed by atoms with Crippen LogP contribution in [0, 0.1) is 19.5 Å². The maximum atomic E-state index is 7.00. The molecular formula is C15H15NO2S. The summed E-state index contributed by atoms with van der Waals surface area (Å²) in [6.45, 7) is 2.03. The molecule has 0 aliphatic heterocycles. The van der Waals surface area contributed by atoms with Gasteiger partial charge in [-0.25, -0.2) is 0 Å². The SMILES string of the molecule is C#CO/N=C\c1c(C)cccc1-c1ccsc1.CO. The highest BCUT2D eigenvalue weighted by atomic mass is 32.1. The van der Waals surface area contributed by atoms with Gasteiger partial charge >= 0.3 is 0 Å². The minimum Gasteiger partial charge on any atom is -0.400 e. The number of hydrogen-bond donors (Lipinski definition) is 1. The number of aryl methyl sites for hydroxylation is 1. The van der Waals surface area contributed by atoms with E-state index >= 15 is 0 Å². The molecule has 0 radical (unpaired) electrons. The van der Waals surface area contributed by atoms with Crippen molar-refractivity contribution in [2.24, 2.45) is 5.16 Å². The van der Waals surface area contributed by atoms with Crippen molar-refractivity contribution in [3.63, 3.8) is 0 Å². The van der Waals surface area contributed by atoms with E-state index in [9.17, 15) is 0 Å². The zero-order valence-electron chi connectivity index (χ0n) is 10.8. The summed E-state index contributed by atoms with van der Waals surface area (Å²) < 4.78 is 0. The minimum atomic E-state index is 1.00. The Morgan fingerprint density at radius 3 is 2.79 bits per heavy atom. The number of aliphatic hydroxyl groups is 1. The molecule has 19 heavy (non-hydrogen) atoms. The number of benzene rings is 1. The number of rotatable bonds is 3. The highest BCUT2D eigenvalue weighted by Crippen LogP contribution is 2.26. The summed E-state index contributed by atoms with van der Waals surface area (Å²) in [6, 6.07) is 8.21. The van der Waals surface area contributed by atoms with E-state index in [1.807, 2.05) is 25.2 Å². The molecular weight excluding hydrogens is 258 g/mol. The molecule has 0 aliphatic carbocycles. The van der Waals surface area contributed by atoms with E-state index in [1.165, 1.54) is 5.56 Å². The number of oxime groups is 1. The van der Waals surface area contributed by atoms with Crippen LogP contribution < -0.4 is 0 Å². The van der Waals surface area contributed by atoms with Crippen LogP contribution in [0.2, 0.25) is 0 Å². The summed E-state index contributed by atoms with van der Waals surface area (Å²) >= 11 is 1.67. The largest absolute Gasteiger partial charge is 0.400 e. The van der Waals surface area contributed by atoms with E-state index in [2.05, 4.69) is 32.9 Å². The van der Waals surface area contributed by atoms with Crippen LogP contribution in [-0.4, -0.2) is 18.4 Å². The van der Waals surface area contributed by atoms with Crippen LogP contribution in [0.25, 0.3) is 11.1 Å². The molecule has 0 saturated heterocycles. The third-order valence-corrected chi connectivity index (χ3v) is 3.13. The third kappa shape index (κ3) is 3.95. The second-order valence-corrected chi connectivity index (χ2v) is 4.27. The number of terminal acetylenes is 1. The Hall–Kier alpha value is -2.09. The normalized spacial score (nSPS) is 9.58. The summed E-state index contributed by atoms with van der Waals surface area (Å²) in [4.78, 5) is 4.56. The molecule has 1 heterocycles. The Morgan fingerprint density at radius 1 is 1.37 bits per heavy atom. The smallest absolute Gasteiger partial charge is 0.145 e. The molecule has 1 N–H and O–H groups in total. The van der Waals surface area contributed by atoms with Gasteiger partial charge < -0.3 is 9.94 Å². The van der Waals surface area contributed by atoms with Crippen molar-refractivity contribution in [2.75, 3.05) is 7.11 Å². The van der Waals surface area contributed by atoms with Gasteiger partial charge in [-0.05, 0) is 40.4 Å². The highest BCUT2D eigenvalue weighted by Gasteiger charge is 2.06. The molecule has 1 aromatic carbocycles. The van der Waals surface area contributed by atoms with Crippen molar-refractivity contribution in [2.45, 2.75) is 6.92 Å². The highest BCUT2D eigenvalue weighted by molar-refractivity contribution is 7.08. The van der Waals surface area contributed by atoms with E-state index < -0.39 is 0 Å². The summed E-state index contributed by atoms with van der Waals surface area (Å²) in [5, 5.41) is 14.9. The van der Waals surface area contributed by atoms with Gasteiger partial charge in [0.2, 0.25) is 0 Å². The van der Waals surface area contributed by atoms with E-state index in [0.29, 0.717) is 0 Å². The molecule has 0 fully saturated rings. The molecule has 2 rings (SSSR count). The predicted octanol–water partition coefficient (Wildman–Crippen LogP) is 3.27. The van der Waals surface area contributed by atoms with Gasteiger partial charge in [-0.3, -0.25) is 0 Å². The standard InChI is InChI=1S/C14H11NOS.CH4O/c1-3-16-15-9-14-11(2)5-4-6-13(14)12-7-8-17-10-12;1-2/h1,4-10H,2H3;2H,1H3/b15-9-;. The van der Waals surface area contributed by atoms with E-state index in [0.717, 1.165) is 23.8 Å². The first-order valence-electron chi connectivity index (χ1n) is 5.55. The Balaban J connectivity index is 0.000000861. The zero-order valence-corrected chi connectivity index (χ0v) is 11.6. The summed E-state index contributed by atoms with van der Waals surface area (Å²) in [6.07, 6.45) is 8.65. The Bertz CT molecular complexity index is 568. The lowest BCUT2D eigenvalue weighted by molar-refractivity contribution is 0.302. The second-order valence-electron chi connectivity index (χ2n) is 3.49. The monoisotopic (exact) mass is 273 g/mol. The molecule has 2 aromatic rings. The van der Waals surface area contributed by atoms with Crippen molar-refractivity contribution in [1.29, 1.82) is 0 Å². The van der Waals surface area contributed by atoms with Crippen LogP contribution in [0.15, 0.2) is 40.2 Å². The molecule has 4 heteroatoms. The lowest BCUT2D eigenvalue weighted by atomic mass is 9.99. The molecule has 1 aromatic heterocycles. The first kappa shape index (κ1) is 15.0. The first-order chi connectivity index (χ1) is 9.33. The molecule has 0 amide bonds. The van der Waals surface area contributed by atoms with Gasteiger partial charge in [0.25, 0.3) is 0 Å². The summed E-state index contributed by atoms with van der Waals surface area (Å²) in [7, 11) is 1.00. The van der Waals surface area contributed by atoms with Crippen molar-refractivity contribution >= 4 is 17.6 Å². The lowest BCUT2D eigenvalue weighted by Crippen LogP contribution is -1.91. The number of nitrogens with zero attached hydrogens (tertiary/aromatic N) is 1. The van der Waals surface area contributed by atoms with Crippen molar-refractivity contribution in [1.82, 2.24) is 0 Å². The van der Waals surface area contributed by atoms with Crippen LogP contribution in [0.4, 0.5) is 0 Å². The average molecular weight is 273 g/mol. The molecule has 0 atom stereocenters. The van der Waals surface area contributed by atoms with Gasteiger partial charge in [-0.1, -0.05) is 29.8 Å². The van der Waals surface area contributed by atoms with E-state index in [1.54, 1.807) is 17.6 Å². The Labute approximate surface area is 117 Å². The van der Waals surface area contributed by atoms with Crippen molar-refractivity contribution in [3.8, 4) is 23.7 Å². The van der Waals surface area contributed by atoms with Crippen molar-refractivity contribution < 1.29 is 9.94 Å². The minimum absolute atomic E-state index is 1.00. The molecule has 0 spiro atoms. The van der Waals surface area contributed by atoms with Crippen molar-refractivity contribution in [3.05, 3.63) is 46.2 Å². The first-order valence-corrected chi connectivity index (χ1v) is 6.49. The number of aliphatic hydroxyl groups excluding tert-OH is 1. The average Bonchev–Trinajstić information content (AvgIpc) is 2.97. The fraction of sp³-hybridized carbons (Fsp3) is 0.133. The van der Waals surface area contributed by atoms with E-state index in [-0.39, 0.29) is 0 Å². The van der Waals surface area contributed by atoms with Crippen LogP contribution in [0.5, 0.6) is 0 Å². The Kier molecular flexibility index (Phi) is 6.37. The number of hydrogen-bond acceptors (Lipinski definition) is 4. The quantitative estimate of drug-likeness (QED) is 0.530. The lowest BCUT2D eigenvalue weighted by Gasteiger charge is -2.06. The predicted molar refractivity (Wildman–Crippen MR) is 80.1 cm³/mol. The molecule has 98 valence electrons. The van der Waals surface area contributed by atoms with Gasteiger partial charge in [-0.2, -0.15) is 11.3 Å². The topological polar surface area (TPSA) is 41.8 Å². The molecule has 3 nitrogen and oxygen atoms in total. The summed E-state index contributed by atoms with van der Waals surface area (Å²) in [5.74, 6) is 0. The van der Waals surface area contributed by atoms with Gasteiger partial charge in [0.15, 0.2) is 0 Å². The fourth-order valence-corrected chi connectivity index (χ4v) is 2.29. The van der Waals surface area contributed by atoms with Gasteiger partial charge in [0.05, 0.1) is 6.21 Å². The van der Waals surface area contributed by atoms with Gasteiger partial charge in [-0.15, -0.1) is 0 Å². The van der Waals surface area contributed by atoms with Crippen LogP contribution >= 0.6 is 11.3 Å². The maximum Gasteiger partial charge on any atom is 0.145 e. The van der Waals surface area contributed by atoms with Crippen LogP contribution in [-0.2, 0) is 4.84 Å². The second kappa shape index (κ2) is 8.09.